The van der Waals surface area contributed by atoms with Crippen molar-refractivity contribution < 1.29 is 27.9 Å². The molecule has 0 spiro atoms. The number of carbonyl (C=O) groups is 2. The molecule has 0 aliphatic rings. The Morgan fingerprint density at radius 2 is 1.92 bits per heavy atom. The summed E-state index contributed by atoms with van der Waals surface area (Å²) in [5.74, 6) is -2.10. The molecule has 0 aliphatic heterocycles. The summed E-state index contributed by atoms with van der Waals surface area (Å²) in [7, 11) is -2.52. The molecule has 3 N–H and O–H groups in total. The van der Waals surface area contributed by atoms with Crippen molar-refractivity contribution in [2.24, 2.45) is 5.92 Å². The molecule has 0 aromatic heterocycles. The summed E-state index contributed by atoms with van der Waals surface area (Å²) in [5.41, 5.74) is 0.107. The number of carbonyl (C=O) groups excluding carboxylic acids is 1. The standard InChI is InChI=1S/C17H26N2O6S/c1-5-6-13(17(21)22)10-18-16(20)12-7-8-14(25-4)15(9-12)26(23,24)19-11(2)3/h7-9,11,13,19H,5-6,10H2,1-4H3,(H,18,20)(H,21,22). The zero-order valence-corrected chi connectivity index (χ0v) is 16.2. The number of carboxylic acid groups (broad SMARTS) is 1. The maximum Gasteiger partial charge on any atom is 0.308 e. The van der Waals surface area contributed by atoms with E-state index in [9.17, 15) is 18.0 Å². The Bertz CT molecular complexity index is 746. The number of amides is 1. The number of hydrogen-bond acceptors (Lipinski definition) is 5. The van der Waals surface area contributed by atoms with E-state index in [2.05, 4.69) is 10.0 Å². The number of aliphatic carboxylic acids is 1. The Labute approximate surface area is 154 Å². The molecule has 1 aromatic carbocycles. The minimum atomic E-state index is -3.86. The number of methoxy groups -OCH3 is 1. The highest BCUT2D eigenvalue weighted by Crippen LogP contribution is 2.25. The van der Waals surface area contributed by atoms with Crippen molar-refractivity contribution in [3.8, 4) is 5.75 Å². The third-order valence-electron chi connectivity index (χ3n) is 3.60. The van der Waals surface area contributed by atoms with E-state index >= 15 is 0 Å². The first-order chi connectivity index (χ1) is 12.1. The van der Waals surface area contributed by atoms with Crippen molar-refractivity contribution in [2.45, 2.75) is 44.6 Å². The van der Waals surface area contributed by atoms with Crippen LogP contribution in [0.3, 0.4) is 0 Å². The molecule has 0 saturated carbocycles. The average molecular weight is 386 g/mol. The van der Waals surface area contributed by atoms with Gasteiger partial charge in [-0.05, 0) is 38.5 Å². The number of carboxylic acids is 1. The Morgan fingerprint density at radius 3 is 2.42 bits per heavy atom. The molecular formula is C17H26N2O6S. The summed E-state index contributed by atoms with van der Waals surface area (Å²) in [6, 6.07) is 3.71. The summed E-state index contributed by atoms with van der Waals surface area (Å²) in [4.78, 5) is 23.3. The average Bonchev–Trinajstić information content (AvgIpc) is 2.56. The van der Waals surface area contributed by atoms with E-state index in [0.29, 0.717) is 12.8 Å². The molecule has 0 aliphatic carbocycles. The predicted molar refractivity (Wildman–Crippen MR) is 96.8 cm³/mol. The first kappa shape index (κ1) is 21.9. The second kappa shape index (κ2) is 9.54. The van der Waals surface area contributed by atoms with Crippen LogP contribution < -0.4 is 14.8 Å². The van der Waals surface area contributed by atoms with Crippen LogP contribution in [0.5, 0.6) is 5.75 Å². The van der Waals surface area contributed by atoms with Crippen LogP contribution in [-0.2, 0) is 14.8 Å². The van der Waals surface area contributed by atoms with E-state index in [-0.39, 0.29) is 28.8 Å². The van der Waals surface area contributed by atoms with E-state index in [1.165, 1.54) is 25.3 Å². The molecule has 26 heavy (non-hydrogen) atoms. The van der Waals surface area contributed by atoms with Crippen molar-refractivity contribution in [3.63, 3.8) is 0 Å². The fraction of sp³-hybridized carbons (Fsp3) is 0.529. The highest BCUT2D eigenvalue weighted by Gasteiger charge is 2.23. The van der Waals surface area contributed by atoms with Crippen molar-refractivity contribution >= 4 is 21.9 Å². The Hall–Kier alpha value is -2.13. The fourth-order valence-electron chi connectivity index (χ4n) is 2.38. The number of sulfonamides is 1. The van der Waals surface area contributed by atoms with Crippen LogP contribution in [0.15, 0.2) is 23.1 Å². The summed E-state index contributed by atoms with van der Waals surface area (Å²) < 4.78 is 32.4. The van der Waals surface area contributed by atoms with Gasteiger partial charge >= 0.3 is 5.97 Å². The van der Waals surface area contributed by atoms with Gasteiger partial charge in [-0.1, -0.05) is 13.3 Å². The first-order valence-corrected chi connectivity index (χ1v) is 9.82. The lowest BCUT2D eigenvalue weighted by molar-refractivity contribution is -0.141. The van der Waals surface area contributed by atoms with Crippen molar-refractivity contribution in [1.82, 2.24) is 10.0 Å². The smallest absolute Gasteiger partial charge is 0.308 e. The van der Waals surface area contributed by atoms with Gasteiger partial charge in [0.1, 0.15) is 10.6 Å². The molecule has 0 radical (unpaired) electrons. The number of rotatable bonds is 10. The molecule has 1 amide bonds. The van der Waals surface area contributed by atoms with Gasteiger partial charge in [0.15, 0.2) is 0 Å². The zero-order chi connectivity index (χ0) is 19.9. The van der Waals surface area contributed by atoms with Gasteiger partial charge < -0.3 is 15.2 Å². The lowest BCUT2D eigenvalue weighted by atomic mass is 10.0. The highest BCUT2D eigenvalue weighted by atomic mass is 32.2. The maximum atomic E-state index is 12.4. The largest absolute Gasteiger partial charge is 0.495 e. The Balaban J connectivity index is 3.05. The lowest BCUT2D eigenvalue weighted by Crippen LogP contribution is -2.33. The van der Waals surface area contributed by atoms with Gasteiger partial charge in [-0.2, -0.15) is 0 Å². The van der Waals surface area contributed by atoms with Gasteiger partial charge in [0.05, 0.1) is 13.0 Å². The second-order valence-electron chi connectivity index (χ2n) is 6.18. The molecule has 8 nitrogen and oxygen atoms in total. The van der Waals surface area contributed by atoms with Gasteiger partial charge in [0, 0.05) is 18.2 Å². The van der Waals surface area contributed by atoms with Crippen LogP contribution in [0, 0.1) is 5.92 Å². The van der Waals surface area contributed by atoms with Crippen molar-refractivity contribution in [2.75, 3.05) is 13.7 Å². The number of benzene rings is 1. The molecule has 1 rings (SSSR count). The molecule has 1 unspecified atom stereocenters. The molecule has 0 saturated heterocycles. The van der Waals surface area contributed by atoms with Crippen LogP contribution >= 0.6 is 0 Å². The van der Waals surface area contributed by atoms with E-state index in [4.69, 9.17) is 9.84 Å². The van der Waals surface area contributed by atoms with Crippen molar-refractivity contribution in [1.29, 1.82) is 0 Å². The molecule has 1 aromatic rings. The highest BCUT2D eigenvalue weighted by molar-refractivity contribution is 7.89. The number of ether oxygens (including phenoxy) is 1. The van der Waals surface area contributed by atoms with Gasteiger partial charge in [0.2, 0.25) is 10.0 Å². The summed E-state index contributed by atoms with van der Waals surface area (Å²) in [6.07, 6.45) is 1.12. The second-order valence-corrected chi connectivity index (χ2v) is 7.86. The molecule has 0 fully saturated rings. The normalized spacial score (nSPS) is 12.7. The topological polar surface area (TPSA) is 122 Å². The quantitative estimate of drug-likeness (QED) is 0.562. The molecule has 9 heteroatoms. The van der Waals surface area contributed by atoms with Crippen LogP contribution in [0.25, 0.3) is 0 Å². The number of nitrogens with one attached hydrogen (secondary N) is 2. The predicted octanol–water partition coefficient (Wildman–Crippen LogP) is 1.61. The summed E-state index contributed by atoms with van der Waals surface area (Å²) in [6.45, 7) is 5.20. The minimum absolute atomic E-state index is 0.0274. The van der Waals surface area contributed by atoms with Crippen LogP contribution in [0.1, 0.15) is 44.0 Å². The van der Waals surface area contributed by atoms with Crippen LogP contribution in [0.4, 0.5) is 0 Å². The monoisotopic (exact) mass is 386 g/mol. The zero-order valence-electron chi connectivity index (χ0n) is 15.4. The first-order valence-electron chi connectivity index (χ1n) is 8.33. The van der Waals surface area contributed by atoms with Crippen molar-refractivity contribution in [3.05, 3.63) is 23.8 Å². The SMILES string of the molecule is CCCC(CNC(=O)c1ccc(OC)c(S(=O)(=O)NC(C)C)c1)C(=O)O. The van der Waals surface area contributed by atoms with Crippen LogP contribution in [0.2, 0.25) is 0 Å². The van der Waals surface area contributed by atoms with E-state index in [0.717, 1.165) is 0 Å². The maximum absolute atomic E-state index is 12.4. The Morgan fingerprint density at radius 1 is 1.27 bits per heavy atom. The Kier molecular flexibility index (Phi) is 8.04. The molecule has 146 valence electrons. The summed E-state index contributed by atoms with van der Waals surface area (Å²) >= 11 is 0. The molecule has 0 bridgehead atoms. The summed E-state index contributed by atoms with van der Waals surface area (Å²) in [5, 5.41) is 11.7. The van der Waals surface area contributed by atoms with E-state index < -0.39 is 27.8 Å². The number of hydrogen-bond donors (Lipinski definition) is 3. The van der Waals surface area contributed by atoms with E-state index in [1.54, 1.807) is 13.8 Å². The van der Waals surface area contributed by atoms with Gasteiger partial charge in [-0.25, -0.2) is 13.1 Å². The minimum Gasteiger partial charge on any atom is -0.495 e. The third-order valence-corrected chi connectivity index (χ3v) is 5.28. The molecule has 1 atom stereocenters. The van der Waals surface area contributed by atoms with Gasteiger partial charge in [0.25, 0.3) is 5.91 Å². The third kappa shape index (κ3) is 5.99. The van der Waals surface area contributed by atoms with Gasteiger partial charge in [-0.15, -0.1) is 0 Å². The fourth-order valence-corrected chi connectivity index (χ4v) is 3.83. The molecule has 0 heterocycles. The van der Waals surface area contributed by atoms with Gasteiger partial charge in [-0.3, -0.25) is 9.59 Å². The molecular weight excluding hydrogens is 360 g/mol. The lowest BCUT2D eigenvalue weighted by Gasteiger charge is -2.15. The van der Waals surface area contributed by atoms with E-state index in [1.807, 2.05) is 6.92 Å². The van der Waals surface area contributed by atoms with Crippen LogP contribution in [-0.4, -0.2) is 45.1 Å².